The fraction of sp³-hybridized carbons (Fsp3) is 0.583. The molecule has 0 radical (unpaired) electrons. The number of aryl methyl sites for hydroxylation is 1. The molecule has 0 spiro atoms. The lowest BCUT2D eigenvalue weighted by Gasteiger charge is -2.22. The van der Waals surface area contributed by atoms with Crippen molar-refractivity contribution in [1.29, 1.82) is 0 Å². The van der Waals surface area contributed by atoms with Crippen LogP contribution in [0, 0.1) is 23.0 Å². The third-order valence-corrected chi connectivity index (χ3v) is 3.09. The van der Waals surface area contributed by atoms with Gasteiger partial charge in [-0.3, -0.25) is 10.1 Å². The molecule has 2 heterocycles. The fourth-order valence-electron chi connectivity index (χ4n) is 2.02. The number of nitrogens with zero attached hydrogens (tertiary/aromatic N) is 2. The highest BCUT2D eigenvalue weighted by Crippen LogP contribution is 2.25. The van der Waals surface area contributed by atoms with Crippen LogP contribution >= 0.6 is 0 Å². The van der Waals surface area contributed by atoms with Gasteiger partial charge in [0.2, 0.25) is 0 Å². The molecule has 0 unspecified atom stereocenters. The summed E-state index contributed by atoms with van der Waals surface area (Å²) in [5, 5.41) is 14.1. The van der Waals surface area contributed by atoms with Crippen molar-refractivity contribution in [2.75, 3.05) is 19.7 Å². The first-order valence-electron chi connectivity index (χ1n) is 6.12. The van der Waals surface area contributed by atoms with E-state index < -0.39 is 4.92 Å². The molecule has 1 aromatic heterocycles. The second-order valence-electron chi connectivity index (χ2n) is 4.54. The van der Waals surface area contributed by atoms with Crippen molar-refractivity contribution >= 4 is 5.69 Å². The van der Waals surface area contributed by atoms with Crippen molar-refractivity contribution in [1.82, 2.24) is 10.3 Å². The van der Waals surface area contributed by atoms with Gasteiger partial charge in [-0.15, -0.1) is 0 Å². The number of piperidine rings is 1. The SMILES string of the molecule is Cc1ccc([N+](=O)[O-])c(OCC2CCNCC2)n1. The Balaban J connectivity index is 2.03. The van der Waals surface area contributed by atoms with Gasteiger partial charge in [0, 0.05) is 11.8 Å². The molecular weight excluding hydrogens is 234 g/mol. The molecule has 2 rings (SSSR count). The van der Waals surface area contributed by atoms with Crippen molar-refractivity contribution in [3.8, 4) is 5.88 Å². The lowest BCUT2D eigenvalue weighted by Crippen LogP contribution is -2.30. The third kappa shape index (κ3) is 3.16. The van der Waals surface area contributed by atoms with Crippen LogP contribution in [-0.4, -0.2) is 29.6 Å². The number of rotatable bonds is 4. The number of nitro groups is 1. The van der Waals surface area contributed by atoms with E-state index >= 15 is 0 Å². The summed E-state index contributed by atoms with van der Waals surface area (Å²) in [6.07, 6.45) is 2.08. The Morgan fingerprint density at radius 3 is 2.89 bits per heavy atom. The minimum absolute atomic E-state index is 0.0606. The lowest BCUT2D eigenvalue weighted by atomic mass is 9.99. The molecule has 98 valence electrons. The second kappa shape index (κ2) is 5.77. The number of hydrogen-bond acceptors (Lipinski definition) is 5. The monoisotopic (exact) mass is 251 g/mol. The number of hydrogen-bond donors (Lipinski definition) is 1. The van der Waals surface area contributed by atoms with Gasteiger partial charge < -0.3 is 10.1 Å². The zero-order valence-electron chi connectivity index (χ0n) is 10.4. The van der Waals surface area contributed by atoms with Crippen LogP contribution in [0.15, 0.2) is 12.1 Å². The topological polar surface area (TPSA) is 77.3 Å². The first-order chi connectivity index (χ1) is 8.66. The summed E-state index contributed by atoms with van der Waals surface area (Å²) < 4.78 is 5.54. The standard InChI is InChI=1S/C12H17N3O3/c1-9-2-3-11(15(16)17)12(14-9)18-8-10-4-6-13-7-5-10/h2-3,10,13H,4-8H2,1H3. The van der Waals surface area contributed by atoms with Crippen molar-refractivity contribution in [2.24, 2.45) is 5.92 Å². The molecule has 0 bridgehead atoms. The largest absolute Gasteiger partial charge is 0.473 e. The molecule has 1 aromatic rings. The third-order valence-electron chi connectivity index (χ3n) is 3.09. The number of ether oxygens (including phenoxy) is 1. The van der Waals surface area contributed by atoms with Crippen LogP contribution < -0.4 is 10.1 Å². The molecule has 1 N–H and O–H groups in total. The maximum Gasteiger partial charge on any atom is 0.330 e. The summed E-state index contributed by atoms with van der Waals surface area (Å²) in [6.45, 7) is 4.26. The molecule has 1 aliphatic heterocycles. The second-order valence-corrected chi connectivity index (χ2v) is 4.54. The van der Waals surface area contributed by atoms with Crippen LogP contribution in [-0.2, 0) is 0 Å². The highest BCUT2D eigenvalue weighted by Gasteiger charge is 2.19. The summed E-state index contributed by atoms with van der Waals surface area (Å²) in [7, 11) is 0. The van der Waals surface area contributed by atoms with E-state index in [2.05, 4.69) is 10.3 Å². The van der Waals surface area contributed by atoms with Crippen LogP contribution in [0.1, 0.15) is 18.5 Å². The van der Waals surface area contributed by atoms with Crippen LogP contribution in [0.4, 0.5) is 5.69 Å². The van der Waals surface area contributed by atoms with Crippen LogP contribution in [0.25, 0.3) is 0 Å². The summed E-state index contributed by atoms with van der Waals surface area (Å²) in [5.74, 6) is 0.590. The predicted molar refractivity (Wildman–Crippen MR) is 66.7 cm³/mol. The van der Waals surface area contributed by atoms with Crippen molar-refractivity contribution in [2.45, 2.75) is 19.8 Å². The molecule has 0 aliphatic carbocycles. The van der Waals surface area contributed by atoms with E-state index in [1.54, 1.807) is 13.0 Å². The van der Waals surface area contributed by atoms with Crippen molar-refractivity contribution in [3.05, 3.63) is 27.9 Å². The fourth-order valence-corrected chi connectivity index (χ4v) is 2.02. The van der Waals surface area contributed by atoms with E-state index in [-0.39, 0.29) is 11.6 Å². The van der Waals surface area contributed by atoms with Gasteiger partial charge in [-0.05, 0) is 44.8 Å². The van der Waals surface area contributed by atoms with E-state index in [9.17, 15) is 10.1 Å². The summed E-state index contributed by atoms with van der Waals surface area (Å²) in [4.78, 5) is 14.5. The molecular formula is C12H17N3O3. The zero-order valence-corrected chi connectivity index (χ0v) is 10.4. The predicted octanol–water partition coefficient (Wildman–Crippen LogP) is 1.68. The lowest BCUT2D eigenvalue weighted by molar-refractivity contribution is -0.386. The summed E-state index contributed by atoms with van der Waals surface area (Å²) in [5.41, 5.74) is 0.662. The summed E-state index contributed by atoms with van der Waals surface area (Å²) >= 11 is 0. The normalized spacial score (nSPS) is 16.5. The minimum atomic E-state index is -0.454. The number of pyridine rings is 1. The molecule has 0 amide bonds. The Morgan fingerprint density at radius 2 is 2.22 bits per heavy atom. The first-order valence-corrected chi connectivity index (χ1v) is 6.12. The van der Waals surface area contributed by atoms with E-state index in [1.165, 1.54) is 6.07 Å². The highest BCUT2D eigenvalue weighted by molar-refractivity contribution is 5.41. The van der Waals surface area contributed by atoms with Crippen molar-refractivity contribution < 1.29 is 9.66 Å². The van der Waals surface area contributed by atoms with Gasteiger partial charge in [0.1, 0.15) is 0 Å². The first kappa shape index (κ1) is 12.8. The maximum absolute atomic E-state index is 10.9. The molecule has 0 saturated carbocycles. The van der Waals surface area contributed by atoms with Gasteiger partial charge in [-0.2, -0.15) is 0 Å². The van der Waals surface area contributed by atoms with Gasteiger partial charge in [0.25, 0.3) is 5.88 Å². The van der Waals surface area contributed by atoms with E-state index in [4.69, 9.17) is 4.74 Å². The Morgan fingerprint density at radius 1 is 1.50 bits per heavy atom. The van der Waals surface area contributed by atoms with Gasteiger partial charge in [0.05, 0.1) is 11.5 Å². The molecule has 1 fully saturated rings. The Labute approximate surface area is 106 Å². The minimum Gasteiger partial charge on any atom is -0.473 e. The van der Waals surface area contributed by atoms with Gasteiger partial charge in [-0.25, -0.2) is 4.98 Å². The smallest absolute Gasteiger partial charge is 0.330 e. The van der Waals surface area contributed by atoms with E-state index in [0.717, 1.165) is 31.6 Å². The average Bonchev–Trinajstić information content (AvgIpc) is 2.37. The van der Waals surface area contributed by atoms with Gasteiger partial charge in [0.15, 0.2) is 0 Å². The summed E-state index contributed by atoms with van der Waals surface area (Å²) in [6, 6.07) is 3.07. The zero-order chi connectivity index (χ0) is 13.0. The molecule has 1 saturated heterocycles. The van der Waals surface area contributed by atoms with Crippen LogP contribution in [0.3, 0.4) is 0 Å². The van der Waals surface area contributed by atoms with Crippen LogP contribution in [0.2, 0.25) is 0 Å². The van der Waals surface area contributed by atoms with Crippen molar-refractivity contribution in [3.63, 3.8) is 0 Å². The van der Waals surface area contributed by atoms with Gasteiger partial charge in [-0.1, -0.05) is 0 Å². The highest BCUT2D eigenvalue weighted by atomic mass is 16.6. The molecule has 0 atom stereocenters. The average molecular weight is 251 g/mol. The molecule has 1 aliphatic rings. The number of aromatic nitrogens is 1. The van der Waals surface area contributed by atoms with E-state index in [1.807, 2.05) is 0 Å². The molecule has 6 nitrogen and oxygen atoms in total. The molecule has 18 heavy (non-hydrogen) atoms. The number of nitrogens with one attached hydrogen (secondary N) is 1. The Hall–Kier alpha value is -1.69. The molecule has 0 aromatic carbocycles. The van der Waals surface area contributed by atoms with Gasteiger partial charge >= 0.3 is 5.69 Å². The quantitative estimate of drug-likeness (QED) is 0.650. The van der Waals surface area contributed by atoms with E-state index in [0.29, 0.717) is 12.5 Å². The maximum atomic E-state index is 10.9. The Bertz CT molecular complexity index is 431. The molecule has 6 heteroatoms. The Kier molecular flexibility index (Phi) is 4.09. The van der Waals surface area contributed by atoms with Crippen LogP contribution in [0.5, 0.6) is 5.88 Å².